The standard InChI is InChI=1S/C13H21N3O3S/c1-20-10-6-11(17)16(13(10)19)7-8-2-4-9(5-3-8)12(18)15-14/h8-10H,2-7,14H2,1H3,(H,15,18). The second-order valence-corrected chi connectivity index (χ2v) is 6.54. The molecule has 1 saturated carbocycles. The van der Waals surface area contributed by atoms with E-state index in [1.807, 2.05) is 6.26 Å². The molecule has 1 saturated heterocycles. The minimum absolute atomic E-state index is 0.0276. The summed E-state index contributed by atoms with van der Waals surface area (Å²) in [4.78, 5) is 36.8. The molecule has 1 atom stereocenters. The minimum atomic E-state index is -0.207. The van der Waals surface area contributed by atoms with Gasteiger partial charge in [0.1, 0.15) is 0 Å². The molecule has 112 valence electrons. The van der Waals surface area contributed by atoms with Gasteiger partial charge in [-0.25, -0.2) is 5.84 Å². The summed E-state index contributed by atoms with van der Waals surface area (Å²) in [7, 11) is 0. The van der Waals surface area contributed by atoms with E-state index in [1.165, 1.54) is 16.7 Å². The number of nitrogens with one attached hydrogen (secondary N) is 1. The summed E-state index contributed by atoms with van der Waals surface area (Å²) in [5, 5.41) is -0.207. The molecule has 3 amide bonds. The molecule has 0 aromatic carbocycles. The van der Waals surface area contributed by atoms with Crippen LogP contribution in [-0.4, -0.2) is 40.7 Å². The fourth-order valence-corrected chi connectivity index (χ4v) is 3.65. The number of hydrogen-bond donors (Lipinski definition) is 2. The first kappa shape index (κ1) is 15.3. The van der Waals surface area contributed by atoms with Crippen LogP contribution in [0.4, 0.5) is 0 Å². The number of hydrazine groups is 1. The lowest BCUT2D eigenvalue weighted by Gasteiger charge is -2.29. The van der Waals surface area contributed by atoms with Crippen LogP contribution in [0, 0.1) is 11.8 Å². The van der Waals surface area contributed by atoms with E-state index in [9.17, 15) is 14.4 Å². The maximum atomic E-state index is 12.0. The van der Waals surface area contributed by atoms with Crippen molar-refractivity contribution < 1.29 is 14.4 Å². The second kappa shape index (κ2) is 6.58. The zero-order valence-electron chi connectivity index (χ0n) is 11.6. The maximum absolute atomic E-state index is 12.0. The van der Waals surface area contributed by atoms with Crippen molar-refractivity contribution in [3.63, 3.8) is 0 Å². The SMILES string of the molecule is CSC1CC(=O)N(CC2CCC(C(=O)NN)CC2)C1=O. The van der Waals surface area contributed by atoms with Crippen molar-refractivity contribution in [2.24, 2.45) is 17.7 Å². The summed E-state index contributed by atoms with van der Waals surface area (Å²) in [6, 6.07) is 0. The average Bonchev–Trinajstić information content (AvgIpc) is 2.74. The predicted octanol–water partition coefficient (Wildman–Crippen LogP) is 0.273. The topological polar surface area (TPSA) is 92.5 Å². The van der Waals surface area contributed by atoms with Gasteiger partial charge in [-0.3, -0.25) is 24.7 Å². The molecular formula is C13H21N3O3S. The van der Waals surface area contributed by atoms with Crippen LogP contribution in [0.2, 0.25) is 0 Å². The van der Waals surface area contributed by atoms with Gasteiger partial charge in [-0.2, -0.15) is 11.8 Å². The third kappa shape index (κ3) is 3.15. The molecule has 0 aromatic rings. The van der Waals surface area contributed by atoms with Crippen LogP contribution < -0.4 is 11.3 Å². The molecule has 3 N–H and O–H groups in total. The molecule has 0 spiro atoms. The fraction of sp³-hybridized carbons (Fsp3) is 0.769. The van der Waals surface area contributed by atoms with Crippen LogP contribution >= 0.6 is 11.8 Å². The van der Waals surface area contributed by atoms with Crippen molar-refractivity contribution in [2.45, 2.75) is 37.4 Å². The summed E-state index contributed by atoms with van der Waals surface area (Å²) in [6.07, 6.45) is 5.45. The highest BCUT2D eigenvalue weighted by Gasteiger charge is 2.39. The van der Waals surface area contributed by atoms with Gasteiger partial charge in [0.25, 0.3) is 0 Å². The van der Waals surface area contributed by atoms with E-state index in [-0.39, 0.29) is 28.9 Å². The first-order chi connectivity index (χ1) is 9.56. The number of amides is 3. The van der Waals surface area contributed by atoms with Crippen LogP contribution in [0.1, 0.15) is 32.1 Å². The summed E-state index contributed by atoms with van der Waals surface area (Å²) < 4.78 is 0. The molecule has 20 heavy (non-hydrogen) atoms. The van der Waals surface area contributed by atoms with E-state index in [0.29, 0.717) is 18.9 Å². The van der Waals surface area contributed by atoms with Gasteiger partial charge in [-0.1, -0.05) is 0 Å². The molecule has 1 aliphatic heterocycles. The van der Waals surface area contributed by atoms with Gasteiger partial charge in [0.05, 0.1) is 5.25 Å². The highest BCUT2D eigenvalue weighted by atomic mass is 32.2. The van der Waals surface area contributed by atoms with E-state index < -0.39 is 0 Å². The number of nitrogens with two attached hydrogens (primary N) is 1. The second-order valence-electron chi connectivity index (χ2n) is 5.50. The first-order valence-corrected chi connectivity index (χ1v) is 8.23. The van der Waals surface area contributed by atoms with Gasteiger partial charge in [-0.15, -0.1) is 0 Å². The van der Waals surface area contributed by atoms with Gasteiger partial charge in [0.2, 0.25) is 17.7 Å². The number of thioether (sulfide) groups is 1. The summed E-state index contributed by atoms with van der Waals surface area (Å²) in [5.74, 6) is 5.20. The Kier molecular flexibility index (Phi) is 5.04. The smallest absolute Gasteiger partial charge is 0.242 e. The van der Waals surface area contributed by atoms with Crippen molar-refractivity contribution >= 4 is 29.5 Å². The molecule has 1 unspecified atom stereocenters. The molecule has 2 fully saturated rings. The van der Waals surface area contributed by atoms with Crippen LogP contribution in [0.3, 0.4) is 0 Å². The van der Waals surface area contributed by atoms with Gasteiger partial charge >= 0.3 is 0 Å². The van der Waals surface area contributed by atoms with Crippen LogP contribution in [0.5, 0.6) is 0 Å². The van der Waals surface area contributed by atoms with Crippen LogP contribution in [0.15, 0.2) is 0 Å². The molecule has 7 heteroatoms. The molecule has 1 heterocycles. The quantitative estimate of drug-likeness (QED) is 0.336. The van der Waals surface area contributed by atoms with E-state index >= 15 is 0 Å². The van der Waals surface area contributed by atoms with Crippen LogP contribution in [-0.2, 0) is 14.4 Å². The third-order valence-electron chi connectivity index (χ3n) is 4.29. The number of rotatable bonds is 4. The molecule has 1 aliphatic carbocycles. The van der Waals surface area contributed by atoms with Crippen molar-refractivity contribution in [2.75, 3.05) is 12.8 Å². The molecule has 2 aliphatic rings. The largest absolute Gasteiger partial charge is 0.294 e. The highest BCUT2D eigenvalue weighted by Crippen LogP contribution is 2.31. The van der Waals surface area contributed by atoms with Crippen molar-refractivity contribution in [3.8, 4) is 0 Å². The van der Waals surface area contributed by atoms with Crippen molar-refractivity contribution in [3.05, 3.63) is 0 Å². The van der Waals surface area contributed by atoms with Gasteiger partial charge in [-0.05, 0) is 37.9 Å². The lowest BCUT2D eigenvalue weighted by atomic mass is 9.81. The van der Waals surface area contributed by atoms with Crippen LogP contribution in [0.25, 0.3) is 0 Å². The van der Waals surface area contributed by atoms with E-state index in [4.69, 9.17) is 5.84 Å². The summed E-state index contributed by atoms with van der Waals surface area (Å²) in [6.45, 7) is 0.506. The Morgan fingerprint density at radius 3 is 2.50 bits per heavy atom. The number of imide groups is 1. The maximum Gasteiger partial charge on any atom is 0.242 e. The number of carbonyl (C=O) groups excluding carboxylic acids is 3. The lowest BCUT2D eigenvalue weighted by molar-refractivity contribution is -0.139. The Balaban J connectivity index is 1.85. The van der Waals surface area contributed by atoms with Crippen molar-refractivity contribution in [1.82, 2.24) is 10.3 Å². The Labute approximate surface area is 122 Å². The number of likely N-dealkylation sites (tertiary alicyclic amines) is 1. The summed E-state index contributed by atoms with van der Waals surface area (Å²) >= 11 is 1.44. The Morgan fingerprint density at radius 2 is 2.00 bits per heavy atom. The van der Waals surface area contributed by atoms with Gasteiger partial charge < -0.3 is 0 Å². The predicted molar refractivity (Wildman–Crippen MR) is 76.4 cm³/mol. The molecule has 2 rings (SSSR count). The summed E-state index contributed by atoms with van der Waals surface area (Å²) in [5.41, 5.74) is 2.19. The molecule has 0 radical (unpaired) electrons. The van der Waals surface area contributed by atoms with Gasteiger partial charge in [0, 0.05) is 18.9 Å². The molecule has 6 nitrogen and oxygen atoms in total. The Morgan fingerprint density at radius 1 is 1.35 bits per heavy atom. The minimum Gasteiger partial charge on any atom is -0.294 e. The zero-order valence-corrected chi connectivity index (χ0v) is 12.4. The average molecular weight is 299 g/mol. The highest BCUT2D eigenvalue weighted by molar-refractivity contribution is 8.00. The Bertz CT molecular complexity index is 408. The van der Waals surface area contributed by atoms with Crippen molar-refractivity contribution in [1.29, 1.82) is 0 Å². The van der Waals surface area contributed by atoms with E-state index in [1.54, 1.807) is 0 Å². The normalized spacial score (nSPS) is 30.7. The number of hydrogen-bond acceptors (Lipinski definition) is 5. The fourth-order valence-electron chi connectivity index (χ4n) is 3.01. The molecular weight excluding hydrogens is 278 g/mol. The van der Waals surface area contributed by atoms with E-state index in [2.05, 4.69) is 5.43 Å². The first-order valence-electron chi connectivity index (χ1n) is 6.94. The number of nitrogens with zero attached hydrogens (tertiary/aromatic N) is 1. The lowest BCUT2D eigenvalue weighted by Crippen LogP contribution is -2.40. The molecule has 0 aromatic heterocycles. The monoisotopic (exact) mass is 299 g/mol. The third-order valence-corrected chi connectivity index (χ3v) is 5.22. The van der Waals surface area contributed by atoms with E-state index in [0.717, 1.165) is 25.7 Å². The number of carbonyl (C=O) groups is 3. The van der Waals surface area contributed by atoms with Gasteiger partial charge in [0.15, 0.2) is 0 Å². The Hall–Kier alpha value is -1.08. The molecule has 0 bridgehead atoms. The zero-order chi connectivity index (χ0) is 14.7.